The fourth-order valence-electron chi connectivity index (χ4n) is 0.713. The van der Waals surface area contributed by atoms with Gasteiger partial charge in [-0.2, -0.15) is 0 Å². The molecule has 4 nitrogen and oxygen atoms in total. The topological polar surface area (TPSA) is 43.6 Å². The van der Waals surface area contributed by atoms with Crippen molar-refractivity contribution in [1.29, 1.82) is 0 Å². The Morgan fingerprint density at radius 3 is 3.00 bits per heavy atom. The average molecular weight is 219 g/mol. The summed E-state index contributed by atoms with van der Waals surface area (Å²) >= 11 is 3.42. The Bertz CT molecular complexity index is 186. The number of aromatic nitrogens is 4. The van der Waals surface area contributed by atoms with E-state index in [1.165, 1.54) is 0 Å². The molecule has 0 aliphatic rings. The van der Waals surface area contributed by atoms with Crippen LogP contribution in [0.1, 0.15) is 13.3 Å². The highest BCUT2D eigenvalue weighted by molar-refractivity contribution is 9.09. The molecule has 1 unspecified atom stereocenters. The lowest BCUT2D eigenvalue weighted by Crippen LogP contribution is -2.05. The van der Waals surface area contributed by atoms with Gasteiger partial charge in [0.15, 0.2) is 0 Å². The Balaban J connectivity index is 2.23. The third-order valence-electron chi connectivity index (χ3n) is 1.51. The van der Waals surface area contributed by atoms with Crippen molar-refractivity contribution in [3.05, 3.63) is 6.33 Å². The van der Waals surface area contributed by atoms with E-state index in [1.54, 1.807) is 11.0 Å². The molecule has 0 aliphatic carbocycles. The van der Waals surface area contributed by atoms with E-state index in [0.717, 1.165) is 18.3 Å². The zero-order valence-electron chi connectivity index (χ0n) is 6.44. The lowest BCUT2D eigenvalue weighted by Gasteiger charge is -2.04. The molecule has 0 N–H and O–H groups in total. The minimum Gasteiger partial charge on any atom is -0.233 e. The number of tetrazole rings is 1. The standard InChI is InChI=1S/C6H11BrN4/c1-6(4-7)2-3-11-5-8-9-10-11/h5-6H,2-4H2,1H3. The van der Waals surface area contributed by atoms with Gasteiger partial charge in [-0.1, -0.05) is 22.9 Å². The summed E-state index contributed by atoms with van der Waals surface area (Å²) < 4.78 is 1.75. The van der Waals surface area contributed by atoms with E-state index < -0.39 is 0 Å². The Morgan fingerprint density at radius 2 is 2.45 bits per heavy atom. The summed E-state index contributed by atoms with van der Waals surface area (Å²) in [4.78, 5) is 0. The van der Waals surface area contributed by atoms with E-state index in [2.05, 4.69) is 38.4 Å². The summed E-state index contributed by atoms with van der Waals surface area (Å²) in [6.45, 7) is 3.10. The van der Waals surface area contributed by atoms with Gasteiger partial charge in [-0.3, -0.25) is 0 Å². The largest absolute Gasteiger partial charge is 0.233 e. The van der Waals surface area contributed by atoms with Crippen molar-refractivity contribution < 1.29 is 0 Å². The highest BCUT2D eigenvalue weighted by atomic mass is 79.9. The van der Waals surface area contributed by atoms with Crippen LogP contribution < -0.4 is 0 Å². The van der Waals surface area contributed by atoms with E-state index in [1.807, 2.05) is 0 Å². The average Bonchev–Trinajstić information content (AvgIpc) is 2.52. The number of rotatable bonds is 4. The Kier molecular flexibility index (Phi) is 3.48. The first-order chi connectivity index (χ1) is 5.33. The van der Waals surface area contributed by atoms with E-state index in [0.29, 0.717) is 5.92 Å². The monoisotopic (exact) mass is 218 g/mol. The molecule has 1 atom stereocenters. The molecule has 0 bridgehead atoms. The van der Waals surface area contributed by atoms with Gasteiger partial charge < -0.3 is 0 Å². The van der Waals surface area contributed by atoms with Crippen LogP contribution >= 0.6 is 15.9 Å². The molecule has 5 heteroatoms. The highest BCUT2D eigenvalue weighted by Crippen LogP contribution is 2.05. The van der Waals surface area contributed by atoms with Crippen molar-refractivity contribution >= 4 is 15.9 Å². The summed E-state index contributed by atoms with van der Waals surface area (Å²) in [6, 6.07) is 0. The minimum absolute atomic E-state index is 0.680. The first kappa shape index (κ1) is 8.64. The Morgan fingerprint density at radius 1 is 1.64 bits per heavy atom. The smallest absolute Gasteiger partial charge is 0.138 e. The van der Waals surface area contributed by atoms with Gasteiger partial charge in [0, 0.05) is 11.9 Å². The third-order valence-corrected chi connectivity index (χ3v) is 2.61. The first-order valence-electron chi connectivity index (χ1n) is 3.59. The van der Waals surface area contributed by atoms with Crippen LogP contribution in [0.5, 0.6) is 0 Å². The number of hydrogen-bond acceptors (Lipinski definition) is 3. The Labute approximate surface area is 74.1 Å². The van der Waals surface area contributed by atoms with Gasteiger partial charge >= 0.3 is 0 Å². The number of nitrogens with zero attached hydrogens (tertiary/aromatic N) is 4. The van der Waals surface area contributed by atoms with Crippen LogP contribution in [0.25, 0.3) is 0 Å². The molecule has 1 aromatic rings. The van der Waals surface area contributed by atoms with Crippen molar-refractivity contribution in [2.45, 2.75) is 19.9 Å². The molecule has 1 heterocycles. The molecule has 11 heavy (non-hydrogen) atoms. The van der Waals surface area contributed by atoms with E-state index in [4.69, 9.17) is 0 Å². The van der Waals surface area contributed by atoms with Gasteiger partial charge in [-0.25, -0.2) is 4.68 Å². The molecule has 0 aromatic carbocycles. The molecule has 1 aromatic heterocycles. The van der Waals surface area contributed by atoms with Crippen LogP contribution in [-0.4, -0.2) is 25.5 Å². The minimum atomic E-state index is 0.680. The van der Waals surface area contributed by atoms with E-state index in [-0.39, 0.29) is 0 Å². The normalized spacial score (nSPS) is 13.3. The molecule has 0 amide bonds. The second-order valence-corrected chi connectivity index (χ2v) is 3.27. The van der Waals surface area contributed by atoms with E-state index >= 15 is 0 Å². The second kappa shape index (κ2) is 4.43. The maximum atomic E-state index is 3.76. The molecule has 62 valence electrons. The van der Waals surface area contributed by atoms with Crippen LogP contribution in [0.15, 0.2) is 6.33 Å². The fourth-order valence-corrected chi connectivity index (χ4v) is 1.04. The molecule has 0 radical (unpaired) electrons. The van der Waals surface area contributed by atoms with Crippen molar-refractivity contribution in [3.8, 4) is 0 Å². The summed E-state index contributed by atoms with van der Waals surface area (Å²) in [6.07, 6.45) is 2.75. The molecular formula is C6H11BrN4. The van der Waals surface area contributed by atoms with Crippen LogP contribution in [0.4, 0.5) is 0 Å². The first-order valence-corrected chi connectivity index (χ1v) is 4.72. The molecule has 0 aliphatic heterocycles. The molecule has 1 rings (SSSR count). The highest BCUT2D eigenvalue weighted by Gasteiger charge is 1.99. The summed E-state index contributed by atoms with van der Waals surface area (Å²) in [5.74, 6) is 0.680. The van der Waals surface area contributed by atoms with Crippen LogP contribution in [0.2, 0.25) is 0 Å². The molecule has 0 spiro atoms. The van der Waals surface area contributed by atoms with Crippen molar-refractivity contribution in [3.63, 3.8) is 0 Å². The quantitative estimate of drug-likeness (QED) is 0.712. The maximum absolute atomic E-state index is 3.76. The zero-order valence-corrected chi connectivity index (χ0v) is 8.03. The van der Waals surface area contributed by atoms with Gasteiger partial charge in [-0.15, -0.1) is 5.10 Å². The summed E-state index contributed by atoms with van der Waals surface area (Å²) in [5.41, 5.74) is 0. The second-order valence-electron chi connectivity index (χ2n) is 2.62. The predicted molar refractivity (Wildman–Crippen MR) is 45.4 cm³/mol. The zero-order chi connectivity index (χ0) is 8.10. The number of aryl methyl sites for hydroxylation is 1. The van der Waals surface area contributed by atoms with Crippen molar-refractivity contribution in [2.75, 3.05) is 5.33 Å². The van der Waals surface area contributed by atoms with Gasteiger partial charge in [-0.05, 0) is 22.8 Å². The van der Waals surface area contributed by atoms with Crippen LogP contribution in [0.3, 0.4) is 0 Å². The van der Waals surface area contributed by atoms with Crippen molar-refractivity contribution in [1.82, 2.24) is 20.2 Å². The maximum Gasteiger partial charge on any atom is 0.138 e. The summed E-state index contributed by atoms with van der Waals surface area (Å²) in [5, 5.41) is 11.9. The lowest BCUT2D eigenvalue weighted by molar-refractivity contribution is 0.484. The van der Waals surface area contributed by atoms with Gasteiger partial charge in [0.1, 0.15) is 6.33 Å². The number of alkyl halides is 1. The Hall–Kier alpha value is -0.450. The van der Waals surface area contributed by atoms with E-state index in [9.17, 15) is 0 Å². The number of halogens is 1. The van der Waals surface area contributed by atoms with Gasteiger partial charge in [0.25, 0.3) is 0 Å². The van der Waals surface area contributed by atoms with Crippen LogP contribution in [-0.2, 0) is 6.54 Å². The predicted octanol–water partition coefficient (Wildman–Crippen LogP) is 1.09. The van der Waals surface area contributed by atoms with Gasteiger partial charge in [0.05, 0.1) is 0 Å². The molecule has 0 fully saturated rings. The third kappa shape index (κ3) is 2.96. The summed E-state index contributed by atoms with van der Waals surface area (Å²) in [7, 11) is 0. The van der Waals surface area contributed by atoms with Crippen LogP contribution in [0, 0.1) is 5.92 Å². The SMILES string of the molecule is CC(CBr)CCn1cnnn1. The van der Waals surface area contributed by atoms with Gasteiger partial charge in [0.2, 0.25) is 0 Å². The molecular weight excluding hydrogens is 208 g/mol. The van der Waals surface area contributed by atoms with Crippen molar-refractivity contribution in [2.24, 2.45) is 5.92 Å². The fraction of sp³-hybridized carbons (Fsp3) is 0.833. The molecule has 0 saturated carbocycles. The molecule has 0 saturated heterocycles. The number of hydrogen-bond donors (Lipinski definition) is 0. The lowest BCUT2D eigenvalue weighted by atomic mass is 10.1.